The molecule has 0 radical (unpaired) electrons. The lowest BCUT2D eigenvalue weighted by atomic mass is 10.1. The first-order chi connectivity index (χ1) is 9.35. The van der Waals surface area contributed by atoms with Gasteiger partial charge >= 0.3 is 0 Å². The van der Waals surface area contributed by atoms with Gasteiger partial charge < -0.3 is 10.0 Å². The second-order valence-corrected chi connectivity index (χ2v) is 4.67. The van der Waals surface area contributed by atoms with E-state index in [2.05, 4.69) is 48.2 Å². The molecule has 19 heavy (non-hydrogen) atoms. The van der Waals surface area contributed by atoms with Gasteiger partial charge in [0.2, 0.25) is 0 Å². The van der Waals surface area contributed by atoms with Crippen molar-refractivity contribution in [3.05, 3.63) is 60.2 Å². The number of rotatable bonds is 6. The van der Waals surface area contributed by atoms with Gasteiger partial charge in [0.1, 0.15) is 0 Å². The average Bonchev–Trinajstić information content (AvgIpc) is 2.49. The maximum Gasteiger partial charge on any atom is 0.0681 e. The van der Waals surface area contributed by atoms with Gasteiger partial charge in [0, 0.05) is 17.9 Å². The van der Waals surface area contributed by atoms with Crippen molar-refractivity contribution >= 4 is 11.4 Å². The van der Waals surface area contributed by atoms with Gasteiger partial charge in [0.05, 0.1) is 6.61 Å². The summed E-state index contributed by atoms with van der Waals surface area (Å²) in [5.41, 5.74) is 3.34. The maximum atomic E-state index is 9.11. The Labute approximate surface area is 115 Å². The Morgan fingerprint density at radius 3 is 2.11 bits per heavy atom. The lowest BCUT2D eigenvalue weighted by molar-refractivity contribution is 0.282. The zero-order valence-electron chi connectivity index (χ0n) is 11.4. The van der Waals surface area contributed by atoms with Crippen LogP contribution in [0.5, 0.6) is 0 Å². The summed E-state index contributed by atoms with van der Waals surface area (Å²) in [6.07, 6.45) is 2.34. The summed E-state index contributed by atoms with van der Waals surface area (Å²) in [5, 5.41) is 9.11. The Morgan fingerprint density at radius 2 is 1.53 bits per heavy atom. The minimum absolute atomic E-state index is 0.0978. The van der Waals surface area contributed by atoms with Crippen molar-refractivity contribution in [1.29, 1.82) is 0 Å². The molecule has 0 aliphatic rings. The zero-order chi connectivity index (χ0) is 13.5. The van der Waals surface area contributed by atoms with Crippen molar-refractivity contribution in [1.82, 2.24) is 0 Å². The van der Waals surface area contributed by atoms with Crippen LogP contribution >= 0.6 is 0 Å². The predicted octanol–water partition coefficient (Wildman–Crippen LogP) is 4.12. The molecule has 2 nitrogen and oxygen atoms in total. The molecule has 0 unspecified atom stereocenters. The number of aliphatic hydroxyl groups excluding tert-OH is 1. The first-order valence-corrected chi connectivity index (χ1v) is 6.87. The number of hydrogen-bond acceptors (Lipinski definition) is 2. The zero-order valence-corrected chi connectivity index (χ0v) is 11.4. The van der Waals surface area contributed by atoms with Crippen molar-refractivity contribution in [2.75, 3.05) is 11.4 Å². The molecular formula is C17H21NO. The molecule has 0 fully saturated rings. The molecule has 0 aliphatic carbocycles. The Bertz CT molecular complexity index is 478. The summed E-state index contributed by atoms with van der Waals surface area (Å²) in [6.45, 7) is 3.32. The van der Waals surface area contributed by atoms with E-state index < -0.39 is 0 Å². The van der Waals surface area contributed by atoms with E-state index in [9.17, 15) is 0 Å². The van der Waals surface area contributed by atoms with Crippen LogP contribution in [0.3, 0.4) is 0 Å². The van der Waals surface area contributed by atoms with E-state index >= 15 is 0 Å². The molecule has 0 aliphatic heterocycles. The van der Waals surface area contributed by atoms with Crippen LogP contribution in [0.15, 0.2) is 54.6 Å². The highest BCUT2D eigenvalue weighted by molar-refractivity contribution is 5.63. The van der Waals surface area contributed by atoms with Gasteiger partial charge in [0.15, 0.2) is 0 Å². The summed E-state index contributed by atoms with van der Waals surface area (Å²) in [6, 6.07) is 18.6. The molecule has 1 N–H and O–H groups in total. The summed E-state index contributed by atoms with van der Waals surface area (Å²) in [4.78, 5) is 2.32. The van der Waals surface area contributed by atoms with Crippen molar-refractivity contribution in [2.45, 2.75) is 26.4 Å². The standard InChI is InChI=1S/C17H21NO/c1-2-3-13-18(16-7-5-4-6-8-16)17-11-9-15(14-19)10-12-17/h4-12,19H,2-3,13-14H2,1H3. The number of nitrogens with zero attached hydrogens (tertiary/aromatic N) is 1. The lowest BCUT2D eigenvalue weighted by Crippen LogP contribution is -2.18. The second kappa shape index (κ2) is 6.95. The van der Waals surface area contributed by atoms with Crippen molar-refractivity contribution < 1.29 is 5.11 Å². The first kappa shape index (κ1) is 13.6. The fourth-order valence-corrected chi connectivity index (χ4v) is 2.11. The average molecular weight is 255 g/mol. The Morgan fingerprint density at radius 1 is 0.895 bits per heavy atom. The third-order valence-electron chi connectivity index (χ3n) is 3.23. The van der Waals surface area contributed by atoms with Crippen LogP contribution in [-0.4, -0.2) is 11.7 Å². The highest BCUT2D eigenvalue weighted by atomic mass is 16.3. The minimum Gasteiger partial charge on any atom is -0.392 e. The van der Waals surface area contributed by atoms with Crippen LogP contribution < -0.4 is 4.90 Å². The molecule has 0 saturated carbocycles. The normalized spacial score (nSPS) is 10.4. The Kier molecular flexibility index (Phi) is 4.99. The molecule has 2 aromatic carbocycles. The number of aliphatic hydroxyl groups is 1. The molecule has 0 bridgehead atoms. The van der Waals surface area contributed by atoms with Gasteiger partial charge in [-0.15, -0.1) is 0 Å². The van der Waals surface area contributed by atoms with Crippen molar-refractivity contribution in [3.8, 4) is 0 Å². The molecule has 0 saturated heterocycles. The largest absolute Gasteiger partial charge is 0.392 e. The number of hydrogen-bond donors (Lipinski definition) is 1. The number of unbranched alkanes of at least 4 members (excludes halogenated alkanes) is 1. The lowest BCUT2D eigenvalue weighted by Gasteiger charge is -2.25. The monoisotopic (exact) mass is 255 g/mol. The third kappa shape index (κ3) is 3.58. The highest BCUT2D eigenvalue weighted by Crippen LogP contribution is 2.25. The van der Waals surface area contributed by atoms with Crippen LogP contribution in [0.2, 0.25) is 0 Å². The summed E-state index contributed by atoms with van der Waals surface area (Å²) in [5.74, 6) is 0. The van der Waals surface area contributed by atoms with E-state index in [0.29, 0.717) is 0 Å². The van der Waals surface area contributed by atoms with E-state index in [1.54, 1.807) is 0 Å². The fraction of sp³-hybridized carbons (Fsp3) is 0.294. The summed E-state index contributed by atoms with van der Waals surface area (Å²) >= 11 is 0. The quantitative estimate of drug-likeness (QED) is 0.839. The van der Waals surface area contributed by atoms with Crippen molar-refractivity contribution in [3.63, 3.8) is 0 Å². The van der Waals surface area contributed by atoms with Gasteiger partial charge in [-0.25, -0.2) is 0 Å². The van der Waals surface area contributed by atoms with E-state index in [4.69, 9.17) is 5.11 Å². The van der Waals surface area contributed by atoms with Crippen LogP contribution in [0.4, 0.5) is 11.4 Å². The van der Waals surface area contributed by atoms with Crippen LogP contribution in [-0.2, 0) is 6.61 Å². The SMILES string of the molecule is CCCCN(c1ccccc1)c1ccc(CO)cc1. The molecule has 2 aromatic rings. The van der Waals surface area contributed by atoms with E-state index in [1.165, 1.54) is 17.8 Å². The molecule has 2 heteroatoms. The maximum absolute atomic E-state index is 9.11. The van der Waals surface area contributed by atoms with Crippen LogP contribution in [0, 0.1) is 0 Å². The smallest absolute Gasteiger partial charge is 0.0681 e. The minimum atomic E-state index is 0.0978. The molecule has 0 heterocycles. The van der Waals surface area contributed by atoms with E-state index in [1.807, 2.05) is 18.2 Å². The summed E-state index contributed by atoms with van der Waals surface area (Å²) in [7, 11) is 0. The molecule has 100 valence electrons. The van der Waals surface area contributed by atoms with E-state index in [0.717, 1.165) is 18.5 Å². The summed E-state index contributed by atoms with van der Waals surface area (Å²) < 4.78 is 0. The van der Waals surface area contributed by atoms with Gasteiger partial charge in [-0.2, -0.15) is 0 Å². The van der Waals surface area contributed by atoms with E-state index in [-0.39, 0.29) is 6.61 Å². The fourth-order valence-electron chi connectivity index (χ4n) is 2.11. The van der Waals surface area contributed by atoms with Gasteiger partial charge in [-0.3, -0.25) is 0 Å². The van der Waals surface area contributed by atoms with Crippen LogP contribution in [0.1, 0.15) is 25.3 Å². The Hall–Kier alpha value is -1.80. The highest BCUT2D eigenvalue weighted by Gasteiger charge is 2.08. The molecular weight excluding hydrogens is 234 g/mol. The number of para-hydroxylation sites is 1. The van der Waals surface area contributed by atoms with Gasteiger partial charge in [-0.1, -0.05) is 43.7 Å². The Balaban J connectivity index is 2.26. The molecule has 0 spiro atoms. The van der Waals surface area contributed by atoms with Crippen molar-refractivity contribution in [2.24, 2.45) is 0 Å². The predicted molar refractivity (Wildman–Crippen MR) is 80.7 cm³/mol. The third-order valence-corrected chi connectivity index (χ3v) is 3.23. The second-order valence-electron chi connectivity index (χ2n) is 4.67. The molecule has 2 rings (SSSR count). The molecule has 0 aromatic heterocycles. The van der Waals surface area contributed by atoms with Gasteiger partial charge in [-0.05, 0) is 36.2 Å². The first-order valence-electron chi connectivity index (χ1n) is 6.87. The number of anilines is 2. The topological polar surface area (TPSA) is 23.5 Å². The van der Waals surface area contributed by atoms with Crippen LogP contribution in [0.25, 0.3) is 0 Å². The van der Waals surface area contributed by atoms with Gasteiger partial charge in [0.25, 0.3) is 0 Å². The molecule has 0 amide bonds. The molecule has 0 atom stereocenters. The number of benzene rings is 2.